The number of hydrogen-bond acceptors (Lipinski definition) is 8. The van der Waals surface area contributed by atoms with E-state index in [9.17, 15) is 8.42 Å². The molecule has 10 heteroatoms. The third-order valence-corrected chi connectivity index (χ3v) is 4.49. The molecular formula is C15H19N5O4S. The number of hydrogen-bond donors (Lipinski definition) is 5. The molecule has 9 nitrogen and oxygen atoms in total. The summed E-state index contributed by atoms with van der Waals surface area (Å²) in [6.07, 6.45) is 2.20. The summed E-state index contributed by atoms with van der Waals surface area (Å²) in [5.41, 5.74) is 7.39. The fourth-order valence-electron chi connectivity index (χ4n) is 2.21. The van der Waals surface area contributed by atoms with Crippen LogP contribution in [0.3, 0.4) is 0 Å². The number of hydrazine groups is 1. The van der Waals surface area contributed by atoms with Gasteiger partial charge in [-0.1, -0.05) is 0 Å². The molecule has 5 N–H and O–H groups in total. The van der Waals surface area contributed by atoms with Gasteiger partial charge in [0.15, 0.2) is 0 Å². The Hall–Kier alpha value is -2.43. The Morgan fingerprint density at radius 1 is 1.12 bits per heavy atom. The van der Waals surface area contributed by atoms with Crippen molar-refractivity contribution in [3.05, 3.63) is 36.0 Å². The Labute approximate surface area is 145 Å². The first-order valence-corrected chi connectivity index (χ1v) is 9.23. The van der Waals surface area contributed by atoms with Gasteiger partial charge >= 0.3 is 0 Å². The van der Waals surface area contributed by atoms with Crippen LogP contribution in [-0.2, 0) is 10.1 Å². The van der Waals surface area contributed by atoms with Gasteiger partial charge in [-0.3, -0.25) is 15.4 Å². The van der Waals surface area contributed by atoms with Gasteiger partial charge in [-0.05, 0) is 37.1 Å². The zero-order valence-corrected chi connectivity index (χ0v) is 14.1. The van der Waals surface area contributed by atoms with Gasteiger partial charge in [0.25, 0.3) is 10.1 Å². The minimum atomic E-state index is -4.21. The summed E-state index contributed by atoms with van der Waals surface area (Å²) < 4.78 is 31.0. The monoisotopic (exact) mass is 365 g/mol. The zero-order chi connectivity index (χ0) is 17.9. The van der Waals surface area contributed by atoms with Crippen molar-refractivity contribution in [3.8, 4) is 0 Å². The van der Waals surface area contributed by atoms with E-state index in [1.807, 2.05) is 6.07 Å². The number of nitrogens with zero attached hydrogens (tertiary/aromatic N) is 2. The predicted molar refractivity (Wildman–Crippen MR) is 93.1 cm³/mol. The van der Waals surface area contributed by atoms with E-state index in [0.29, 0.717) is 29.9 Å². The first-order valence-electron chi connectivity index (χ1n) is 7.79. The summed E-state index contributed by atoms with van der Waals surface area (Å²) in [6, 6.07) is 7.47. The van der Waals surface area contributed by atoms with Crippen LogP contribution in [0, 0.1) is 0 Å². The Morgan fingerprint density at radius 3 is 2.44 bits per heavy atom. The van der Waals surface area contributed by atoms with E-state index < -0.39 is 10.1 Å². The van der Waals surface area contributed by atoms with Crippen molar-refractivity contribution in [3.63, 3.8) is 0 Å². The maximum absolute atomic E-state index is 11.0. The van der Waals surface area contributed by atoms with Crippen LogP contribution in [0.25, 0.3) is 0 Å². The van der Waals surface area contributed by atoms with Gasteiger partial charge in [0, 0.05) is 18.5 Å². The lowest BCUT2D eigenvalue weighted by Crippen LogP contribution is -2.14. The molecule has 1 aromatic carbocycles. The van der Waals surface area contributed by atoms with E-state index in [0.717, 1.165) is 18.5 Å². The maximum atomic E-state index is 11.0. The van der Waals surface area contributed by atoms with Crippen molar-refractivity contribution < 1.29 is 18.1 Å². The minimum Gasteiger partial charge on any atom is -0.395 e. The molecule has 0 radical (unpaired) electrons. The van der Waals surface area contributed by atoms with Gasteiger partial charge in [-0.15, -0.1) is 0 Å². The minimum absolute atomic E-state index is 0.0157. The Bertz CT molecular complexity index is 838. The van der Waals surface area contributed by atoms with Gasteiger partial charge in [0.05, 0.1) is 22.9 Å². The molecule has 1 fully saturated rings. The van der Waals surface area contributed by atoms with Gasteiger partial charge in [-0.25, -0.2) is 4.98 Å². The number of aliphatic hydroxyl groups excluding tert-OH is 1. The maximum Gasteiger partial charge on any atom is 0.294 e. The van der Waals surface area contributed by atoms with Crippen LogP contribution in [-0.4, -0.2) is 41.2 Å². The van der Waals surface area contributed by atoms with E-state index in [1.54, 1.807) is 0 Å². The Balaban J connectivity index is 1.70. The molecule has 1 aromatic heterocycles. The number of nitrogens with one attached hydrogen (secondary N) is 3. The van der Waals surface area contributed by atoms with Crippen LogP contribution in [0.5, 0.6) is 0 Å². The molecule has 0 bridgehead atoms. The first-order chi connectivity index (χ1) is 12.0. The largest absolute Gasteiger partial charge is 0.395 e. The highest BCUT2D eigenvalue weighted by molar-refractivity contribution is 7.85. The molecule has 1 aliphatic carbocycles. The number of rotatable bonds is 8. The zero-order valence-electron chi connectivity index (χ0n) is 13.3. The standard InChI is InChI=1S/C15H19N5O4S/c21-8-7-16-15-17-13(10-1-2-10)9-14(18-15)20-19-11-3-5-12(6-4-11)25(22,23)24/h3-6,9-10,19,21H,1-2,7-8H2,(H,22,23,24)(H2,16,17,18,20). The topological polar surface area (TPSA) is 136 Å². The van der Waals surface area contributed by atoms with Crippen LogP contribution in [0.4, 0.5) is 17.5 Å². The molecule has 0 atom stereocenters. The SMILES string of the molecule is O=S(=O)(O)c1ccc(NNc2cc(C3CC3)nc(NCCO)n2)cc1. The fourth-order valence-corrected chi connectivity index (χ4v) is 2.69. The highest BCUT2D eigenvalue weighted by Crippen LogP contribution is 2.39. The van der Waals surface area contributed by atoms with Crippen molar-refractivity contribution in [1.29, 1.82) is 0 Å². The van der Waals surface area contributed by atoms with Gasteiger partial charge in [0.2, 0.25) is 5.95 Å². The summed E-state index contributed by atoms with van der Waals surface area (Å²) in [7, 11) is -4.21. The molecule has 2 aromatic rings. The molecule has 0 amide bonds. The Morgan fingerprint density at radius 2 is 1.84 bits per heavy atom. The van der Waals surface area contributed by atoms with Crippen molar-refractivity contribution >= 4 is 27.6 Å². The van der Waals surface area contributed by atoms with Gasteiger partial charge < -0.3 is 10.4 Å². The van der Waals surface area contributed by atoms with Crippen molar-refractivity contribution in [2.24, 2.45) is 0 Å². The molecule has 0 aliphatic heterocycles. The lowest BCUT2D eigenvalue weighted by molar-refractivity contribution is 0.311. The van der Waals surface area contributed by atoms with Crippen LogP contribution in [0.2, 0.25) is 0 Å². The third kappa shape index (κ3) is 4.78. The number of anilines is 3. The van der Waals surface area contributed by atoms with E-state index in [1.165, 1.54) is 24.3 Å². The van der Waals surface area contributed by atoms with E-state index >= 15 is 0 Å². The molecule has 134 valence electrons. The molecule has 1 aliphatic rings. The summed E-state index contributed by atoms with van der Waals surface area (Å²) in [4.78, 5) is 8.57. The second-order valence-corrected chi connectivity index (χ2v) is 7.10. The summed E-state index contributed by atoms with van der Waals surface area (Å²) in [6.45, 7) is 0.343. The lowest BCUT2D eigenvalue weighted by Gasteiger charge is -2.12. The highest BCUT2D eigenvalue weighted by Gasteiger charge is 2.26. The van der Waals surface area contributed by atoms with Crippen LogP contribution >= 0.6 is 0 Å². The Kier molecular flexibility index (Phi) is 5.02. The smallest absolute Gasteiger partial charge is 0.294 e. The highest BCUT2D eigenvalue weighted by atomic mass is 32.2. The van der Waals surface area contributed by atoms with Crippen molar-refractivity contribution in [2.75, 3.05) is 29.3 Å². The number of aliphatic hydroxyl groups is 1. The summed E-state index contributed by atoms with van der Waals surface area (Å²) in [5.74, 6) is 1.42. The number of aromatic nitrogens is 2. The van der Waals surface area contributed by atoms with Gasteiger partial charge in [-0.2, -0.15) is 13.4 Å². The fraction of sp³-hybridized carbons (Fsp3) is 0.333. The average molecular weight is 365 g/mol. The van der Waals surface area contributed by atoms with Crippen LogP contribution in [0.15, 0.2) is 35.2 Å². The third-order valence-electron chi connectivity index (χ3n) is 3.62. The molecule has 0 saturated heterocycles. The predicted octanol–water partition coefficient (Wildman–Crippen LogP) is 1.44. The molecule has 1 saturated carbocycles. The molecule has 0 spiro atoms. The molecule has 0 unspecified atom stereocenters. The van der Waals surface area contributed by atoms with Crippen molar-refractivity contribution in [2.45, 2.75) is 23.7 Å². The van der Waals surface area contributed by atoms with E-state index in [4.69, 9.17) is 9.66 Å². The number of benzene rings is 1. The second kappa shape index (κ2) is 7.21. The molecule has 25 heavy (non-hydrogen) atoms. The molecule has 3 rings (SSSR count). The van der Waals surface area contributed by atoms with Gasteiger partial charge in [0.1, 0.15) is 5.82 Å². The quantitative estimate of drug-likeness (QED) is 0.347. The lowest BCUT2D eigenvalue weighted by atomic mass is 10.3. The normalized spacial score (nSPS) is 14.2. The van der Waals surface area contributed by atoms with Crippen molar-refractivity contribution in [1.82, 2.24) is 9.97 Å². The second-order valence-electron chi connectivity index (χ2n) is 5.68. The van der Waals surface area contributed by atoms with Crippen LogP contribution < -0.4 is 16.2 Å². The van der Waals surface area contributed by atoms with E-state index in [-0.39, 0.29) is 11.5 Å². The average Bonchev–Trinajstić information content (AvgIpc) is 3.43. The summed E-state index contributed by atoms with van der Waals surface area (Å²) >= 11 is 0. The van der Waals surface area contributed by atoms with Crippen LogP contribution in [0.1, 0.15) is 24.5 Å². The first kappa shape index (κ1) is 17.4. The van der Waals surface area contributed by atoms with E-state index in [2.05, 4.69) is 26.1 Å². The summed E-state index contributed by atoms with van der Waals surface area (Å²) in [5, 5.41) is 11.9. The molecule has 1 heterocycles. The molecular weight excluding hydrogens is 346 g/mol.